The summed E-state index contributed by atoms with van der Waals surface area (Å²) in [6.45, 7) is 4.78. The lowest BCUT2D eigenvalue weighted by Crippen LogP contribution is -2.28. The number of carboxylic acids is 1. The van der Waals surface area contributed by atoms with E-state index in [2.05, 4.69) is 13.8 Å². The van der Waals surface area contributed by atoms with E-state index < -0.39 is 5.97 Å². The third-order valence-corrected chi connectivity index (χ3v) is 2.45. The minimum absolute atomic E-state index is 0.00869. The van der Waals surface area contributed by atoms with Gasteiger partial charge in [-0.1, -0.05) is 13.8 Å². The molecule has 0 aliphatic heterocycles. The Hall–Kier alpha value is -1.78. The third kappa shape index (κ3) is 3.62. The normalized spacial score (nSPS) is 10.6. The molecule has 1 N–H and O–H groups in total. The van der Waals surface area contributed by atoms with E-state index in [-0.39, 0.29) is 17.2 Å². The first-order valence-electron chi connectivity index (χ1n) is 5.49. The predicted molar refractivity (Wildman–Crippen MR) is 62.1 cm³/mol. The molecule has 0 bridgehead atoms. The molecule has 0 radical (unpaired) electrons. The van der Waals surface area contributed by atoms with E-state index in [1.165, 1.54) is 11.0 Å². The standard InChI is InChI=1S/C12H17NO4/c1-8(2)4-5-13(3)11(14)10-6-9(7-17-10)12(15)16/h6-8H,4-5H2,1-3H3,(H,15,16). The van der Waals surface area contributed by atoms with Gasteiger partial charge in [-0.15, -0.1) is 0 Å². The van der Waals surface area contributed by atoms with Crippen LogP contribution in [0, 0.1) is 5.92 Å². The zero-order chi connectivity index (χ0) is 13.0. The molecular formula is C12H17NO4. The van der Waals surface area contributed by atoms with Crippen molar-refractivity contribution in [2.45, 2.75) is 20.3 Å². The van der Waals surface area contributed by atoms with E-state index in [1.54, 1.807) is 7.05 Å². The van der Waals surface area contributed by atoms with E-state index in [1.807, 2.05) is 0 Å². The van der Waals surface area contributed by atoms with Gasteiger partial charge in [0.1, 0.15) is 6.26 Å². The topological polar surface area (TPSA) is 70.8 Å². The van der Waals surface area contributed by atoms with Gasteiger partial charge in [-0.2, -0.15) is 0 Å². The Bertz CT molecular complexity index is 408. The molecule has 1 heterocycles. The number of hydrogen-bond acceptors (Lipinski definition) is 3. The van der Waals surface area contributed by atoms with Crippen LogP contribution in [0.4, 0.5) is 0 Å². The second-order valence-corrected chi connectivity index (χ2v) is 4.41. The number of carbonyl (C=O) groups excluding carboxylic acids is 1. The van der Waals surface area contributed by atoms with Crippen LogP contribution >= 0.6 is 0 Å². The molecule has 1 amide bonds. The van der Waals surface area contributed by atoms with Crippen molar-refractivity contribution in [3.63, 3.8) is 0 Å². The van der Waals surface area contributed by atoms with Gasteiger partial charge in [0.2, 0.25) is 0 Å². The first-order valence-corrected chi connectivity index (χ1v) is 5.49. The molecule has 5 heteroatoms. The number of carbonyl (C=O) groups is 2. The van der Waals surface area contributed by atoms with Gasteiger partial charge in [-0.05, 0) is 12.3 Å². The Kier molecular flexibility index (Phi) is 4.31. The van der Waals surface area contributed by atoms with Gasteiger partial charge in [0.15, 0.2) is 5.76 Å². The quantitative estimate of drug-likeness (QED) is 0.854. The summed E-state index contributed by atoms with van der Waals surface area (Å²) in [4.78, 5) is 24.0. The van der Waals surface area contributed by atoms with E-state index in [0.29, 0.717) is 12.5 Å². The highest BCUT2D eigenvalue weighted by Gasteiger charge is 2.18. The number of amides is 1. The van der Waals surface area contributed by atoms with Crippen LogP contribution in [0.2, 0.25) is 0 Å². The third-order valence-electron chi connectivity index (χ3n) is 2.45. The van der Waals surface area contributed by atoms with Crippen molar-refractivity contribution in [2.24, 2.45) is 5.92 Å². The lowest BCUT2D eigenvalue weighted by atomic mass is 10.1. The number of nitrogens with zero attached hydrogens (tertiary/aromatic N) is 1. The lowest BCUT2D eigenvalue weighted by molar-refractivity contribution is 0.0695. The van der Waals surface area contributed by atoms with Crippen LogP contribution in [0.5, 0.6) is 0 Å². The summed E-state index contributed by atoms with van der Waals surface area (Å²) in [6, 6.07) is 1.25. The minimum atomic E-state index is -1.10. The fourth-order valence-electron chi connectivity index (χ4n) is 1.30. The molecule has 0 unspecified atom stereocenters. The molecule has 5 nitrogen and oxygen atoms in total. The maximum absolute atomic E-state index is 11.8. The van der Waals surface area contributed by atoms with Crippen molar-refractivity contribution < 1.29 is 19.1 Å². The van der Waals surface area contributed by atoms with E-state index in [9.17, 15) is 9.59 Å². The molecule has 1 rings (SSSR count). The van der Waals surface area contributed by atoms with E-state index in [4.69, 9.17) is 9.52 Å². The van der Waals surface area contributed by atoms with E-state index >= 15 is 0 Å². The monoisotopic (exact) mass is 239 g/mol. The molecule has 17 heavy (non-hydrogen) atoms. The molecule has 0 saturated heterocycles. The smallest absolute Gasteiger partial charge is 0.338 e. The van der Waals surface area contributed by atoms with Gasteiger partial charge in [0.25, 0.3) is 5.91 Å². The number of aromatic carboxylic acids is 1. The lowest BCUT2D eigenvalue weighted by Gasteiger charge is -2.16. The summed E-state index contributed by atoms with van der Waals surface area (Å²) in [5.74, 6) is -0.819. The molecule has 0 aromatic carbocycles. The molecule has 0 aliphatic rings. The maximum Gasteiger partial charge on any atom is 0.338 e. The van der Waals surface area contributed by atoms with Crippen molar-refractivity contribution in [3.8, 4) is 0 Å². The van der Waals surface area contributed by atoms with Crippen molar-refractivity contribution in [2.75, 3.05) is 13.6 Å². The molecule has 1 aromatic heterocycles. The fraction of sp³-hybridized carbons (Fsp3) is 0.500. The molecular weight excluding hydrogens is 222 g/mol. The first-order chi connectivity index (χ1) is 7.91. The number of rotatable bonds is 5. The second kappa shape index (κ2) is 5.52. The Balaban J connectivity index is 2.65. The summed E-state index contributed by atoms with van der Waals surface area (Å²) in [6.07, 6.45) is 1.97. The Labute approximate surface area is 100 Å². The Morgan fingerprint density at radius 1 is 1.47 bits per heavy atom. The van der Waals surface area contributed by atoms with Crippen LogP contribution in [0.15, 0.2) is 16.7 Å². The van der Waals surface area contributed by atoms with Crippen molar-refractivity contribution >= 4 is 11.9 Å². The minimum Gasteiger partial charge on any atom is -0.478 e. The van der Waals surface area contributed by atoms with Crippen LogP contribution in [0.25, 0.3) is 0 Å². The largest absolute Gasteiger partial charge is 0.478 e. The number of carboxylic acid groups (broad SMARTS) is 1. The summed E-state index contributed by atoms with van der Waals surface area (Å²) >= 11 is 0. The molecule has 94 valence electrons. The zero-order valence-corrected chi connectivity index (χ0v) is 10.3. The highest BCUT2D eigenvalue weighted by Crippen LogP contribution is 2.11. The Morgan fingerprint density at radius 3 is 2.59 bits per heavy atom. The van der Waals surface area contributed by atoms with Crippen LogP contribution in [-0.4, -0.2) is 35.5 Å². The molecule has 0 atom stereocenters. The summed E-state index contributed by atoms with van der Waals surface area (Å²) in [5.41, 5.74) is -0.00869. The van der Waals surface area contributed by atoms with Crippen molar-refractivity contribution in [1.82, 2.24) is 4.90 Å². The maximum atomic E-state index is 11.8. The molecule has 0 spiro atoms. The average molecular weight is 239 g/mol. The molecule has 0 fully saturated rings. The molecule has 0 aliphatic carbocycles. The van der Waals surface area contributed by atoms with Gasteiger partial charge < -0.3 is 14.4 Å². The summed E-state index contributed by atoms with van der Waals surface area (Å²) < 4.78 is 4.94. The second-order valence-electron chi connectivity index (χ2n) is 4.41. The van der Waals surface area contributed by atoms with Gasteiger partial charge in [0, 0.05) is 19.7 Å². The van der Waals surface area contributed by atoms with Gasteiger partial charge in [-0.25, -0.2) is 4.79 Å². The number of hydrogen-bond donors (Lipinski definition) is 1. The van der Waals surface area contributed by atoms with Crippen molar-refractivity contribution in [1.29, 1.82) is 0 Å². The van der Waals surface area contributed by atoms with Gasteiger partial charge >= 0.3 is 5.97 Å². The van der Waals surface area contributed by atoms with Crippen LogP contribution in [0.3, 0.4) is 0 Å². The predicted octanol–water partition coefficient (Wildman–Crippen LogP) is 2.10. The van der Waals surface area contributed by atoms with E-state index in [0.717, 1.165) is 12.7 Å². The summed E-state index contributed by atoms with van der Waals surface area (Å²) in [7, 11) is 1.67. The average Bonchev–Trinajstić information content (AvgIpc) is 2.73. The van der Waals surface area contributed by atoms with Gasteiger partial charge in [0.05, 0.1) is 5.56 Å². The molecule has 1 aromatic rings. The SMILES string of the molecule is CC(C)CCN(C)C(=O)c1cc(C(=O)O)co1. The fourth-order valence-corrected chi connectivity index (χ4v) is 1.30. The highest BCUT2D eigenvalue weighted by atomic mass is 16.4. The van der Waals surface area contributed by atoms with Crippen LogP contribution in [0.1, 0.15) is 41.2 Å². The number of furan rings is 1. The highest BCUT2D eigenvalue weighted by molar-refractivity contribution is 5.95. The van der Waals surface area contributed by atoms with Crippen LogP contribution < -0.4 is 0 Å². The molecule has 0 saturated carbocycles. The van der Waals surface area contributed by atoms with Gasteiger partial charge in [-0.3, -0.25) is 4.79 Å². The van der Waals surface area contributed by atoms with Crippen molar-refractivity contribution in [3.05, 3.63) is 23.7 Å². The Morgan fingerprint density at radius 2 is 2.12 bits per heavy atom. The van der Waals surface area contributed by atoms with Crippen LogP contribution in [-0.2, 0) is 0 Å². The summed E-state index contributed by atoms with van der Waals surface area (Å²) in [5, 5.41) is 8.71. The first kappa shape index (κ1) is 13.3. The zero-order valence-electron chi connectivity index (χ0n) is 10.3.